The highest BCUT2D eigenvalue weighted by atomic mass is 19.4. The van der Waals surface area contributed by atoms with Gasteiger partial charge in [-0.1, -0.05) is 6.92 Å². The highest BCUT2D eigenvalue weighted by Gasteiger charge is 2.30. The Balaban J connectivity index is 2.95. The molecule has 5 nitrogen and oxygen atoms in total. The quantitative estimate of drug-likeness (QED) is 0.743. The smallest absolute Gasteiger partial charge is 0.406 e. The Morgan fingerprint density at radius 2 is 1.87 bits per heavy atom. The predicted octanol–water partition coefficient (Wildman–Crippen LogP) is 2.65. The number of carbonyl (C=O) groups excluding carboxylic acids is 1. The van der Waals surface area contributed by atoms with E-state index >= 15 is 0 Å². The fraction of sp³-hybridized carbons (Fsp3) is 0.600. The molecule has 1 rings (SSSR count). The van der Waals surface area contributed by atoms with Gasteiger partial charge in [0.05, 0.1) is 13.1 Å². The summed E-state index contributed by atoms with van der Waals surface area (Å²) in [7, 11) is 0. The third kappa shape index (κ3) is 5.70. The topological polar surface area (TPSA) is 62.5 Å². The average molecular weight is 334 g/mol. The number of ketones is 1. The summed E-state index contributed by atoms with van der Waals surface area (Å²) in [6, 6.07) is 1.42. The van der Waals surface area contributed by atoms with E-state index < -0.39 is 18.7 Å². The number of alkyl halides is 3. The van der Waals surface area contributed by atoms with Gasteiger partial charge in [-0.15, -0.1) is 0 Å². The summed E-state index contributed by atoms with van der Waals surface area (Å²) in [6.07, 6.45) is -3.69. The van der Waals surface area contributed by atoms with Crippen LogP contribution < -0.4 is 0 Å². The van der Waals surface area contributed by atoms with Crippen molar-refractivity contribution in [3.8, 4) is 0 Å². The zero-order valence-electron chi connectivity index (χ0n) is 13.4. The van der Waals surface area contributed by atoms with Gasteiger partial charge in [0.2, 0.25) is 0 Å². The molecule has 0 fully saturated rings. The van der Waals surface area contributed by atoms with Crippen molar-refractivity contribution in [2.75, 3.05) is 19.6 Å². The Kier molecular flexibility index (Phi) is 6.37. The van der Waals surface area contributed by atoms with Crippen LogP contribution in [-0.2, 0) is 11.3 Å². The molecule has 23 heavy (non-hydrogen) atoms. The Bertz CT molecular complexity index is 579. The molecule has 0 aliphatic carbocycles. The van der Waals surface area contributed by atoms with Gasteiger partial charge in [0, 0.05) is 17.0 Å². The van der Waals surface area contributed by atoms with Crippen LogP contribution >= 0.6 is 0 Å². The van der Waals surface area contributed by atoms with Gasteiger partial charge in [-0.25, -0.2) is 0 Å². The van der Waals surface area contributed by atoms with Crippen molar-refractivity contribution in [1.82, 2.24) is 9.47 Å². The van der Waals surface area contributed by atoms with E-state index in [1.54, 1.807) is 0 Å². The highest BCUT2D eigenvalue weighted by molar-refractivity contribution is 5.99. The number of nitrogens with zero attached hydrogens (tertiary/aromatic N) is 2. The number of halogens is 3. The van der Waals surface area contributed by atoms with Crippen LogP contribution in [0.4, 0.5) is 13.2 Å². The fourth-order valence-electron chi connectivity index (χ4n) is 2.52. The Morgan fingerprint density at radius 3 is 2.35 bits per heavy atom. The van der Waals surface area contributed by atoms with Gasteiger partial charge < -0.3 is 9.67 Å². The zero-order valence-corrected chi connectivity index (χ0v) is 13.4. The second kappa shape index (κ2) is 7.63. The second-order valence-electron chi connectivity index (χ2n) is 5.51. The Hall–Kier alpha value is -1.83. The van der Waals surface area contributed by atoms with Gasteiger partial charge in [0.1, 0.15) is 6.54 Å². The molecule has 0 saturated carbocycles. The first-order valence-corrected chi connectivity index (χ1v) is 7.26. The molecular formula is C15H21F3N2O3. The summed E-state index contributed by atoms with van der Waals surface area (Å²) < 4.78 is 38.8. The molecule has 130 valence electrons. The molecule has 0 amide bonds. The Labute approximate surface area is 132 Å². The molecule has 0 saturated heterocycles. The summed E-state index contributed by atoms with van der Waals surface area (Å²) in [5, 5.41) is 8.84. The first-order valence-electron chi connectivity index (χ1n) is 7.26. The number of hydrogen-bond donors (Lipinski definition) is 1. The van der Waals surface area contributed by atoms with Crippen molar-refractivity contribution in [3.05, 3.63) is 23.0 Å². The molecule has 0 atom stereocenters. The summed E-state index contributed by atoms with van der Waals surface area (Å²) >= 11 is 0. The summed E-state index contributed by atoms with van der Waals surface area (Å²) in [5.74, 6) is -1.42. The summed E-state index contributed by atoms with van der Waals surface area (Å²) in [5.41, 5.74) is 0.804. The molecule has 1 aromatic rings. The third-order valence-corrected chi connectivity index (χ3v) is 3.48. The number of aryl methyl sites for hydroxylation is 1. The number of aromatic nitrogens is 1. The highest BCUT2D eigenvalue weighted by Crippen LogP contribution is 2.23. The molecule has 0 bridgehead atoms. The first kappa shape index (κ1) is 19.2. The van der Waals surface area contributed by atoms with E-state index in [9.17, 15) is 22.8 Å². The number of carbonyl (C=O) groups is 2. The normalized spacial score (nSPS) is 12.0. The van der Waals surface area contributed by atoms with E-state index in [2.05, 4.69) is 0 Å². The van der Waals surface area contributed by atoms with E-state index in [1.165, 1.54) is 24.8 Å². The molecule has 0 aliphatic heterocycles. The number of carboxylic acids is 1. The van der Waals surface area contributed by atoms with Crippen molar-refractivity contribution < 1.29 is 27.9 Å². The number of aliphatic carboxylic acids is 1. The van der Waals surface area contributed by atoms with Gasteiger partial charge in [-0.3, -0.25) is 14.5 Å². The zero-order chi connectivity index (χ0) is 17.8. The number of carboxylic acid groups (broad SMARTS) is 1. The van der Waals surface area contributed by atoms with Crippen LogP contribution in [0.2, 0.25) is 0 Å². The molecule has 0 unspecified atom stereocenters. The van der Waals surface area contributed by atoms with E-state index in [4.69, 9.17) is 5.11 Å². The largest absolute Gasteiger partial charge is 0.480 e. The SMILES string of the molecule is CCCN(CC(=O)O)CC(=O)c1cc(C)n(CC(F)(F)F)c1C. The van der Waals surface area contributed by atoms with Crippen molar-refractivity contribution in [2.45, 2.75) is 39.9 Å². The van der Waals surface area contributed by atoms with Gasteiger partial charge in [0.15, 0.2) is 5.78 Å². The van der Waals surface area contributed by atoms with Gasteiger partial charge in [0.25, 0.3) is 0 Å². The lowest BCUT2D eigenvalue weighted by Gasteiger charge is -2.18. The minimum absolute atomic E-state index is 0.129. The first-order chi connectivity index (χ1) is 10.5. The van der Waals surface area contributed by atoms with Crippen LogP contribution in [0.15, 0.2) is 6.07 Å². The third-order valence-electron chi connectivity index (χ3n) is 3.48. The molecule has 1 heterocycles. The minimum atomic E-state index is -4.37. The Morgan fingerprint density at radius 1 is 1.26 bits per heavy atom. The molecule has 1 aromatic heterocycles. The maximum absolute atomic E-state index is 12.6. The molecule has 0 radical (unpaired) electrons. The number of Topliss-reactive ketones (excluding diaryl/α,β-unsaturated/α-hetero) is 1. The standard InChI is InChI=1S/C15H21F3N2O3/c1-4-5-19(8-14(22)23)7-13(21)12-6-10(2)20(11(12)3)9-15(16,17)18/h6H,4-5,7-9H2,1-3H3,(H,22,23). The predicted molar refractivity (Wildman–Crippen MR) is 78.7 cm³/mol. The van der Waals surface area contributed by atoms with Gasteiger partial charge in [-0.05, 0) is 32.9 Å². The maximum atomic E-state index is 12.6. The molecule has 1 N–H and O–H groups in total. The molecule has 0 aliphatic rings. The number of hydrogen-bond acceptors (Lipinski definition) is 3. The molecule has 0 aromatic carbocycles. The minimum Gasteiger partial charge on any atom is -0.480 e. The summed E-state index contributed by atoms with van der Waals surface area (Å²) in [6.45, 7) is 3.71. The average Bonchev–Trinajstić information content (AvgIpc) is 2.64. The van der Waals surface area contributed by atoms with E-state index in [0.29, 0.717) is 18.7 Å². The van der Waals surface area contributed by atoms with Gasteiger partial charge in [-0.2, -0.15) is 13.2 Å². The van der Waals surface area contributed by atoms with Crippen LogP contribution in [0.5, 0.6) is 0 Å². The lowest BCUT2D eigenvalue weighted by molar-refractivity contribution is -0.141. The maximum Gasteiger partial charge on any atom is 0.406 e. The number of rotatable bonds is 8. The van der Waals surface area contributed by atoms with E-state index in [-0.39, 0.29) is 30.1 Å². The lowest BCUT2D eigenvalue weighted by Crippen LogP contribution is -2.35. The molecular weight excluding hydrogens is 313 g/mol. The van der Waals surface area contributed by atoms with Crippen molar-refractivity contribution in [1.29, 1.82) is 0 Å². The molecule has 8 heteroatoms. The van der Waals surface area contributed by atoms with Crippen LogP contribution in [0.3, 0.4) is 0 Å². The van der Waals surface area contributed by atoms with Crippen molar-refractivity contribution >= 4 is 11.8 Å². The van der Waals surface area contributed by atoms with Crippen LogP contribution in [0.1, 0.15) is 35.1 Å². The second-order valence-corrected chi connectivity index (χ2v) is 5.51. The van der Waals surface area contributed by atoms with Gasteiger partial charge >= 0.3 is 12.1 Å². The van der Waals surface area contributed by atoms with Crippen molar-refractivity contribution in [3.63, 3.8) is 0 Å². The van der Waals surface area contributed by atoms with Crippen LogP contribution in [-0.4, -0.2) is 52.1 Å². The molecule has 0 spiro atoms. The van der Waals surface area contributed by atoms with Crippen LogP contribution in [0.25, 0.3) is 0 Å². The lowest BCUT2D eigenvalue weighted by atomic mass is 10.1. The van der Waals surface area contributed by atoms with Crippen molar-refractivity contribution in [2.24, 2.45) is 0 Å². The van der Waals surface area contributed by atoms with E-state index in [1.807, 2.05) is 6.92 Å². The summed E-state index contributed by atoms with van der Waals surface area (Å²) in [4.78, 5) is 24.6. The van der Waals surface area contributed by atoms with Crippen LogP contribution in [0, 0.1) is 13.8 Å². The monoisotopic (exact) mass is 334 g/mol. The fourth-order valence-corrected chi connectivity index (χ4v) is 2.52. The van der Waals surface area contributed by atoms with E-state index in [0.717, 1.165) is 4.57 Å².